The van der Waals surface area contributed by atoms with Gasteiger partial charge in [-0.2, -0.15) is 0 Å². The minimum Gasteiger partial charge on any atom is -0.398 e. The molecule has 2 rings (SSSR count). The predicted molar refractivity (Wildman–Crippen MR) is 78.4 cm³/mol. The topological polar surface area (TPSA) is 58.4 Å². The number of nitrogen functional groups attached to an aromatic ring is 1. The molecule has 1 amide bonds. The van der Waals surface area contributed by atoms with Crippen LogP contribution >= 0.6 is 11.6 Å². The first kappa shape index (κ1) is 14.2. The molecule has 4 nitrogen and oxygen atoms in total. The average molecular weight is 282 g/mol. The van der Waals surface area contributed by atoms with Gasteiger partial charge in [-0.3, -0.25) is 4.79 Å². The van der Waals surface area contributed by atoms with Gasteiger partial charge >= 0.3 is 0 Å². The van der Waals surface area contributed by atoms with Gasteiger partial charge < -0.3 is 16.0 Å². The Morgan fingerprint density at radius 2 is 2.26 bits per heavy atom. The quantitative estimate of drug-likeness (QED) is 0.815. The maximum absolute atomic E-state index is 12.2. The van der Waals surface area contributed by atoms with Crippen LogP contribution in [0.1, 0.15) is 23.7 Å². The summed E-state index contributed by atoms with van der Waals surface area (Å²) < 4.78 is 0. The van der Waals surface area contributed by atoms with E-state index < -0.39 is 0 Å². The zero-order chi connectivity index (χ0) is 14.0. The van der Waals surface area contributed by atoms with Crippen molar-refractivity contribution in [3.8, 4) is 0 Å². The van der Waals surface area contributed by atoms with Gasteiger partial charge in [-0.1, -0.05) is 18.5 Å². The van der Waals surface area contributed by atoms with E-state index in [9.17, 15) is 4.79 Å². The Morgan fingerprint density at radius 3 is 2.89 bits per heavy atom. The minimum atomic E-state index is -0.0803. The number of benzene rings is 1. The van der Waals surface area contributed by atoms with Crippen molar-refractivity contribution in [3.63, 3.8) is 0 Å². The van der Waals surface area contributed by atoms with E-state index in [0.29, 0.717) is 22.2 Å². The molecule has 2 unspecified atom stereocenters. The van der Waals surface area contributed by atoms with E-state index >= 15 is 0 Å². The molecule has 1 fully saturated rings. The molecule has 1 aromatic carbocycles. The predicted octanol–water partition coefficient (Wildman–Crippen LogP) is 1.99. The number of carbonyl (C=O) groups is 1. The van der Waals surface area contributed by atoms with Crippen LogP contribution in [0, 0.1) is 5.92 Å². The van der Waals surface area contributed by atoms with Crippen LogP contribution in [0.3, 0.4) is 0 Å². The van der Waals surface area contributed by atoms with E-state index in [1.807, 2.05) is 0 Å². The van der Waals surface area contributed by atoms with E-state index in [0.717, 1.165) is 19.5 Å². The van der Waals surface area contributed by atoms with Gasteiger partial charge in [-0.25, -0.2) is 0 Å². The normalized spacial score (nSPS) is 24.2. The van der Waals surface area contributed by atoms with Crippen molar-refractivity contribution >= 4 is 23.2 Å². The van der Waals surface area contributed by atoms with Crippen LogP contribution in [-0.2, 0) is 0 Å². The monoisotopic (exact) mass is 281 g/mol. The highest BCUT2D eigenvalue weighted by Crippen LogP contribution is 2.21. The summed E-state index contributed by atoms with van der Waals surface area (Å²) in [6.07, 6.45) is 0.978. The molecule has 0 saturated carbocycles. The molecule has 0 aliphatic carbocycles. The number of carbonyl (C=O) groups excluding carboxylic acids is 1. The van der Waals surface area contributed by atoms with Gasteiger partial charge in [-0.05, 0) is 44.1 Å². The number of piperidine rings is 1. The molecule has 104 valence electrons. The third-order valence-corrected chi connectivity index (χ3v) is 4.01. The van der Waals surface area contributed by atoms with E-state index in [1.54, 1.807) is 18.2 Å². The van der Waals surface area contributed by atoms with E-state index in [2.05, 4.69) is 24.2 Å². The smallest absolute Gasteiger partial charge is 0.251 e. The van der Waals surface area contributed by atoms with Crippen LogP contribution in [0.5, 0.6) is 0 Å². The fourth-order valence-corrected chi connectivity index (χ4v) is 2.67. The Hall–Kier alpha value is -1.26. The lowest BCUT2D eigenvalue weighted by Crippen LogP contribution is -2.48. The summed E-state index contributed by atoms with van der Waals surface area (Å²) in [4.78, 5) is 14.5. The van der Waals surface area contributed by atoms with E-state index in [1.165, 1.54) is 0 Å². The van der Waals surface area contributed by atoms with Crippen LogP contribution in [0.15, 0.2) is 18.2 Å². The summed E-state index contributed by atoms with van der Waals surface area (Å²) in [5.41, 5.74) is 6.69. The molecule has 0 spiro atoms. The largest absolute Gasteiger partial charge is 0.398 e. The summed E-state index contributed by atoms with van der Waals surface area (Å²) in [7, 11) is 2.11. The number of halogens is 1. The van der Waals surface area contributed by atoms with Crippen molar-refractivity contribution in [2.24, 2.45) is 5.92 Å². The molecule has 1 aliphatic rings. The molecule has 19 heavy (non-hydrogen) atoms. The van der Waals surface area contributed by atoms with Gasteiger partial charge in [0.1, 0.15) is 0 Å². The third-order valence-electron chi connectivity index (χ3n) is 3.69. The van der Waals surface area contributed by atoms with Crippen LogP contribution in [0.25, 0.3) is 0 Å². The number of nitrogens with one attached hydrogen (secondary N) is 1. The Balaban J connectivity index is 2.02. The number of hydrogen-bond acceptors (Lipinski definition) is 3. The number of rotatable bonds is 2. The van der Waals surface area contributed by atoms with E-state index in [-0.39, 0.29) is 11.9 Å². The van der Waals surface area contributed by atoms with Gasteiger partial charge in [0, 0.05) is 18.2 Å². The molecule has 0 radical (unpaired) electrons. The lowest BCUT2D eigenvalue weighted by atomic mass is 9.94. The second-order valence-electron chi connectivity index (χ2n) is 5.34. The number of nitrogens with two attached hydrogens (primary N) is 1. The molecular formula is C14H20ClN3O. The fourth-order valence-electron chi connectivity index (χ4n) is 2.49. The summed E-state index contributed by atoms with van der Waals surface area (Å²) in [5, 5.41) is 3.51. The Kier molecular flexibility index (Phi) is 4.32. The first-order valence-corrected chi connectivity index (χ1v) is 6.89. The Morgan fingerprint density at radius 1 is 1.53 bits per heavy atom. The Bertz CT molecular complexity index is 478. The Labute approximate surface area is 118 Å². The van der Waals surface area contributed by atoms with Crippen LogP contribution in [0.2, 0.25) is 5.02 Å². The molecule has 5 heteroatoms. The maximum Gasteiger partial charge on any atom is 0.251 e. The number of amides is 1. The molecule has 3 N–H and O–H groups in total. The van der Waals surface area contributed by atoms with Crippen LogP contribution < -0.4 is 11.1 Å². The first-order valence-electron chi connectivity index (χ1n) is 6.52. The lowest BCUT2D eigenvalue weighted by molar-refractivity contribution is 0.0884. The summed E-state index contributed by atoms with van der Waals surface area (Å²) in [5.74, 6) is 0.371. The molecule has 1 aliphatic heterocycles. The molecule has 0 aromatic heterocycles. The number of anilines is 1. The van der Waals surface area contributed by atoms with Gasteiger partial charge in [0.05, 0.1) is 10.7 Å². The van der Waals surface area contributed by atoms with Gasteiger partial charge in [0.2, 0.25) is 0 Å². The van der Waals surface area contributed by atoms with Crippen LogP contribution in [0.4, 0.5) is 5.69 Å². The molecule has 1 saturated heterocycles. The first-order chi connectivity index (χ1) is 8.97. The minimum absolute atomic E-state index is 0.0803. The second-order valence-corrected chi connectivity index (χ2v) is 5.75. The summed E-state index contributed by atoms with van der Waals surface area (Å²) >= 11 is 5.94. The summed E-state index contributed by atoms with van der Waals surface area (Å²) in [6, 6.07) is 5.21. The highest BCUT2D eigenvalue weighted by Gasteiger charge is 2.25. The SMILES string of the molecule is CC1CN(C)CCC1NC(=O)c1ccc(N)c(Cl)c1. The van der Waals surface area contributed by atoms with Gasteiger partial charge in [0.25, 0.3) is 5.91 Å². The van der Waals surface area contributed by atoms with Crippen LogP contribution in [-0.4, -0.2) is 37.0 Å². The molecule has 2 atom stereocenters. The van der Waals surface area contributed by atoms with Crippen molar-refractivity contribution in [2.45, 2.75) is 19.4 Å². The van der Waals surface area contributed by atoms with Crippen molar-refractivity contribution in [3.05, 3.63) is 28.8 Å². The average Bonchev–Trinajstić information content (AvgIpc) is 2.36. The van der Waals surface area contributed by atoms with E-state index in [4.69, 9.17) is 17.3 Å². The van der Waals surface area contributed by atoms with Gasteiger partial charge in [0.15, 0.2) is 0 Å². The highest BCUT2D eigenvalue weighted by molar-refractivity contribution is 6.33. The maximum atomic E-state index is 12.2. The fraction of sp³-hybridized carbons (Fsp3) is 0.500. The van der Waals surface area contributed by atoms with Crippen molar-refractivity contribution in [1.82, 2.24) is 10.2 Å². The highest BCUT2D eigenvalue weighted by atomic mass is 35.5. The molecular weight excluding hydrogens is 262 g/mol. The molecule has 1 heterocycles. The number of likely N-dealkylation sites (tertiary alicyclic amines) is 1. The van der Waals surface area contributed by atoms with Crippen molar-refractivity contribution in [2.75, 3.05) is 25.9 Å². The number of hydrogen-bond donors (Lipinski definition) is 2. The second kappa shape index (κ2) is 5.80. The molecule has 0 bridgehead atoms. The molecule has 1 aromatic rings. The summed E-state index contributed by atoms with van der Waals surface area (Å²) in [6.45, 7) is 4.18. The van der Waals surface area contributed by atoms with Gasteiger partial charge in [-0.15, -0.1) is 0 Å². The number of nitrogens with zero attached hydrogens (tertiary/aromatic N) is 1. The standard InChI is InChI=1S/C14H20ClN3O/c1-9-8-18(2)6-5-13(9)17-14(19)10-3-4-12(16)11(15)7-10/h3-4,7,9,13H,5-6,8,16H2,1-2H3,(H,17,19). The third kappa shape index (κ3) is 3.39. The zero-order valence-electron chi connectivity index (χ0n) is 11.3. The van der Waals surface area contributed by atoms with Crippen molar-refractivity contribution in [1.29, 1.82) is 0 Å². The zero-order valence-corrected chi connectivity index (χ0v) is 12.1. The lowest BCUT2D eigenvalue weighted by Gasteiger charge is -2.35. The van der Waals surface area contributed by atoms with Crippen molar-refractivity contribution < 1.29 is 4.79 Å².